The van der Waals surface area contributed by atoms with E-state index in [1.54, 1.807) is 6.20 Å². The van der Waals surface area contributed by atoms with Crippen LogP contribution in [0.3, 0.4) is 0 Å². The van der Waals surface area contributed by atoms with Crippen molar-refractivity contribution in [3.8, 4) is 5.75 Å². The number of carbonyl (C=O) groups excluding carboxylic acids is 1. The number of aromatic nitrogens is 1. The Bertz CT molecular complexity index is 623. The molecule has 0 unspecified atom stereocenters. The van der Waals surface area contributed by atoms with E-state index in [1.165, 1.54) is 35.6 Å². The molecule has 7 nitrogen and oxygen atoms in total. The second-order valence-electron chi connectivity index (χ2n) is 3.74. The summed E-state index contributed by atoms with van der Waals surface area (Å²) in [6, 6.07) is 5.15. The number of nitrogens with zero attached hydrogens (tertiary/aromatic N) is 2. The highest BCUT2D eigenvalue weighted by Gasteiger charge is 2.10. The third kappa shape index (κ3) is 3.75. The van der Waals surface area contributed by atoms with Crippen LogP contribution in [0.4, 0.5) is 10.5 Å². The second-order valence-corrected chi connectivity index (χ2v) is 5.06. The van der Waals surface area contributed by atoms with Gasteiger partial charge in [0.1, 0.15) is 12.4 Å². The molecule has 0 fully saturated rings. The number of nitro groups is 1. The van der Waals surface area contributed by atoms with Gasteiger partial charge in [-0.25, -0.2) is 9.78 Å². The van der Waals surface area contributed by atoms with Gasteiger partial charge in [0.15, 0.2) is 0 Å². The first-order chi connectivity index (χ1) is 9.54. The summed E-state index contributed by atoms with van der Waals surface area (Å²) >= 11 is 1.42. The monoisotopic (exact) mass is 294 g/mol. The van der Waals surface area contributed by atoms with Crippen LogP contribution in [0.25, 0.3) is 0 Å². The maximum atomic E-state index is 11.4. The van der Waals surface area contributed by atoms with Crippen molar-refractivity contribution < 1.29 is 19.2 Å². The first-order valence-electron chi connectivity index (χ1n) is 5.55. The summed E-state index contributed by atoms with van der Waals surface area (Å²) in [5.41, 5.74) is -0.0779. The fourth-order valence-electron chi connectivity index (χ4n) is 1.36. The highest BCUT2D eigenvalue weighted by atomic mass is 32.1. The number of carbonyl (C=O) groups is 1. The van der Waals surface area contributed by atoms with Crippen molar-refractivity contribution in [1.82, 2.24) is 4.98 Å². The fraction of sp³-hybridized carbons (Fsp3) is 0.167. The average Bonchev–Trinajstić information content (AvgIpc) is 2.83. The van der Waals surface area contributed by atoms with Gasteiger partial charge >= 0.3 is 6.16 Å². The van der Waals surface area contributed by atoms with E-state index in [0.717, 1.165) is 9.88 Å². The third-order valence-electron chi connectivity index (χ3n) is 2.25. The normalized spacial score (nSPS) is 10.1. The van der Waals surface area contributed by atoms with E-state index >= 15 is 0 Å². The lowest BCUT2D eigenvalue weighted by molar-refractivity contribution is -0.384. The maximum absolute atomic E-state index is 11.4. The van der Waals surface area contributed by atoms with Crippen LogP contribution in [0, 0.1) is 17.0 Å². The molecule has 0 bridgehead atoms. The lowest BCUT2D eigenvalue weighted by atomic mass is 10.3. The summed E-state index contributed by atoms with van der Waals surface area (Å²) in [6.45, 7) is 1.93. The Morgan fingerprint density at radius 3 is 2.65 bits per heavy atom. The Kier molecular flexibility index (Phi) is 4.26. The molecule has 0 aliphatic heterocycles. The van der Waals surface area contributed by atoms with Gasteiger partial charge < -0.3 is 9.47 Å². The highest BCUT2D eigenvalue weighted by Crippen LogP contribution is 2.18. The van der Waals surface area contributed by atoms with E-state index < -0.39 is 11.1 Å². The Labute approximate surface area is 117 Å². The smallest absolute Gasteiger partial charge is 0.428 e. The Balaban J connectivity index is 1.86. The maximum Gasteiger partial charge on any atom is 0.514 e. The number of thiazole rings is 1. The van der Waals surface area contributed by atoms with Crippen LogP contribution in [0.1, 0.15) is 9.88 Å². The molecule has 20 heavy (non-hydrogen) atoms. The molecule has 1 aromatic heterocycles. The van der Waals surface area contributed by atoms with Crippen LogP contribution in [0.2, 0.25) is 0 Å². The molecule has 0 saturated carbocycles. The highest BCUT2D eigenvalue weighted by molar-refractivity contribution is 7.11. The second kappa shape index (κ2) is 6.11. The van der Waals surface area contributed by atoms with Gasteiger partial charge in [-0.1, -0.05) is 0 Å². The topological polar surface area (TPSA) is 91.6 Å². The van der Waals surface area contributed by atoms with Crippen molar-refractivity contribution in [2.75, 3.05) is 0 Å². The quantitative estimate of drug-likeness (QED) is 0.372. The molecule has 0 atom stereocenters. The molecule has 8 heteroatoms. The van der Waals surface area contributed by atoms with Gasteiger partial charge in [-0.2, -0.15) is 0 Å². The van der Waals surface area contributed by atoms with Crippen LogP contribution in [0.15, 0.2) is 30.5 Å². The van der Waals surface area contributed by atoms with Crippen molar-refractivity contribution in [3.63, 3.8) is 0 Å². The minimum absolute atomic E-state index is 0.0779. The molecular weight excluding hydrogens is 284 g/mol. The van der Waals surface area contributed by atoms with Crippen LogP contribution >= 0.6 is 11.3 Å². The molecule has 1 aromatic carbocycles. The van der Waals surface area contributed by atoms with Gasteiger partial charge in [0.25, 0.3) is 5.69 Å². The van der Waals surface area contributed by atoms with E-state index in [1.807, 2.05) is 6.92 Å². The van der Waals surface area contributed by atoms with E-state index in [4.69, 9.17) is 9.47 Å². The molecule has 0 N–H and O–H groups in total. The minimum atomic E-state index is -0.870. The van der Waals surface area contributed by atoms with Crippen LogP contribution in [0.5, 0.6) is 5.75 Å². The summed E-state index contributed by atoms with van der Waals surface area (Å²) in [6.07, 6.45) is 0.754. The number of ether oxygens (including phenoxy) is 2. The largest absolute Gasteiger partial charge is 0.514 e. The standard InChI is InChI=1S/C12H10N2O5S/c1-8-13-6-11(20-8)7-18-12(15)19-10-4-2-9(3-5-10)14(16)17/h2-6H,7H2,1H3. The lowest BCUT2D eigenvalue weighted by Crippen LogP contribution is -2.09. The summed E-state index contributed by atoms with van der Waals surface area (Å²) in [5.74, 6) is 0.182. The number of nitro benzene ring substituents is 1. The minimum Gasteiger partial charge on any atom is -0.428 e. The van der Waals surface area contributed by atoms with Crippen molar-refractivity contribution in [1.29, 1.82) is 0 Å². The lowest BCUT2D eigenvalue weighted by Gasteiger charge is -2.04. The summed E-state index contributed by atoms with van der Waals surface area (Å²) < 4.78 is 9.78. The summed E-state index contributed by atoms with van der Waals surface area (Å²) in [7, 11) is 0. The number of benzene rings is 1. The number of rotatable bonds is 4. The number of hydrogen-bond donors (Lipinski definition) is 0. The van der Waals surface area contributed by atoms with Gasteiger partial charge in [0.2, 0.25) is 0 Å². The fourth-order valence-corrected chi connectivity index (χ4v) is 2.07. The molecular formula is C12H10N2O5S. The van der Waals surface area contributed by atoms with Crippen molar-refractivity contribution >= 4 is 23.2 Å². The van der Waals surface area contributed by atoms with Crippen molar-refractivity contribution in [2.24, 2.45) is 0 Å². The van der Waals surface area contributed by atoms with Crippen LogP contribution < -0.4 is 4.74 Å². The zero-order valence-electron chi connectivity index (χ0n) is 10.4. The first-order valence-corrected chi connectivity index (χ1v) is 6.36. The van der Waals surface area contributed by atoms with Crippen LogP contribution in [-0.4, -0.2) is 16.1 Å². The molecule has 0 saturated heterocycles. The molecule has 0 aliphatic carbocycles. The van der Waals surface area contributed by atoms with Crippen molar-refractivity contribution in [2.45, 2.75) is 13.5 Å². The zero-order chi connectivity index (χ0) is 14.5. The van der Waals surface area contributed by atoms with E-state index in [2.05, 4.69) is 4.98 Å². The number of hydrogen-bond acceptors (Lipinski definition) is 7. The third-order valence-corrected chi connectivity index (χ3v) is 3.14. The summed E-state index contributed by atoms with van der Waals surface area (Å²) in [5, 5.41) is 11.3. The van der Waals surface area contributed by atoms with Crippen LogP contribution in [-0.2, 0) is 11.3 Å². The molecule has 104 valence electrons. The van der Waals surface area contributed by atoms with Gasteiger partial charge in [0.05, 0.1) is 14.8 Å². The van der Waals surface area contributed by atoms with Gasteiger partial charge in [-0.3, -0.25) is 10.1 Å². The van der Waals surface area contributed by atoms with E-state index in [0.29, 0.717) is 0 Å². The molecule has 2 aromatic rings. The average molecular weight is 294 g/mol. The number of non-ortho nitro benzene ring substituents is 1. The summed E-state index contributed by atoms with van der Waals surface area (Å²) in [4.78, 5) is 26.2. The molecule has 2 rings (SSSR count). The van der Waals surface area contributed by atoms with Gasteiger partial charge in [-0.15, -0.1) is 11.3 Å². The molecule has 0 amide bonds. The zero-order valence-corrected chi connectivity index (χ0v) is 11.3. The predicted octanol–water partition coefficient (Wildman–Crippen LogP) is 3.08. The van der Waals surface area contributed by atoms with Gasteiger partial charge in [-0.05, 0) is 19.1 Å². The first kappa shape index (κ1) is 13.9. The molecule has 0 aliphatic rings. The molecule has 0 radical (unpaired) electrons. The van der Waals surface area contributed by atoms with Gasteiger partial charge in [0, 0.05) is 18.3 Å². The van der Waals surface area contributed by atoms with E-state index in [9.17, 15) is 14.9 Å². The van der Waals surface area contributed by atoms with E-state index in [-0.39, 0.29) is 18.0 Å². The predicted molar refractivity (Wildman–Crippen MR) is 70.8 cm³/mol. The number of aryl methyl sites for hydroxylation is 1. The Morgan fingerprint density at radius 2 is 2.10 bits per heavy atom. The molecule has 1 heterocycles. The SMILES string of the molecule is Cc1ncc(COC(=O)Oc2ccc([N+](=O)[O-])cc2)s1. The molecule has 0 spiro atoms. The Hall–Kier alpha value is -2.48. The Morgan fingerprint density at radius 1 is 1.40 bits per heavy atom. The van der Waals surface area contributed by atoms with Crippen molar-refractivity contribution in [3.05, 3.63) is 50.5 Å².